The van der Waals surface area contributed by atoms with Gasteiger partial charge in [0.1, 0.15) is 5.60 Å². The van der Waals surface area contributed by atoms with Crippen molar-refractivity contribution in [1.29, 1.82) is 0 Å². The second-order valence-electron chi connectivity index (χ2n) is 5.70. The third kappa shape index (κ3) is 3.21. The van der Waals surface area contributed by atoms with Crippen LogP contribution in [0.5, 0.6) is 0 Å². The van der Waals surface area contributed by atoms with Gasteiger partial charge in [-0.2, -0.15) is 0 Å². The van der Waals surface area contributed by atoms with E-state index < -0.39 is 0 Å². The molecule has 0 saturated carbocycles. The number of nitrogens with zero attached hydrogens (tertiary/aromatic N) is 1. The molecule has 2 aliphatic rings. The summed E-state index contributed by atoms with van der Waals surface area (Å²) >= 11 is 0. The first-order valence-electron chi connectivity index (χ1n) is 7.38. The standard InChI is InChI=1S/C14H28N2O/c1-3-5-7-13(6-4-2)16-11-14(12-16)10-15-8-9-17-14/h13,15H,3-12H2,1-2H3. The van der Waals surface area contributed by atoms with E-state index in [1.54, 1.807) is 0 Å². The number of morpholine rings is 1. The van der Waals surface area contributed by atoms with Gasteiger partial charge in [-0.15, -0.1) is 0 Å². The summed E-state index contributed by atoms with van der Waals surface area (Å²) in [6, 6.07) is 0.802. The Morgan fingerprint density at radius 3 is 2.65 bits per heavy atom. The minimum atomic E-state index is 0.163. The minimum absolute atomic E-state index is 0.163. The van der Waals surface area contributed by atoms with Crippen LogP contribution >= 0.6 is 0 Å². The van der Waals surface area contributed by atoms with Crippen LogP contribution in [0.1, 0.15) is 46.0 Å². The zero-order valence-electron chi connectivity index (χ0n) is 11.5. The fourth-order valence-electron chi connectivity index (χ4n) is 3.14. The Morgan fingerprint density at radius 2 is 2.06 bits per heavy atom. The van der Waals surface area contributed by atoms with E-state index in [9.17, 15) is 0 Å². The van der Waals surface area contributed by atoms with E-state index in [2.05, 4.69) is 24.1 Å². The summed E-state index contributed by atoms with van der Waals surface area (Å²) in [5.74, 6) is 0. The van der Waals surface area contributed by atoms with E-state index in [4.69, 9.17) is 4.74 Å². The van der Waals surface area contributed by atoms with Gasteiger partial charge < -0.3 is 10.1 Å². The Labute approximate surface area is 106 Å². The highest BCUT2D eigenvalue weighted by Crippen LogP contribution is 2.31. The molecule has 0 aromatic rings. The highest BCUT2D eigenvalue weighted by molar-refractivity contribution is 5.02. The van der Waals surface area contributed by atoms with Crippen LogP contribution in [0.3, 0.4) is 0 Å². The number of likely N-dealkylation sites (tertiary alicyclic amines) is 1. The van der Waals surface area contributed by atoms with E-state index in [-0.39, 0.29) is 5.60 Å². The average Bonchev–Trinajstić information content (AvgIpc) is 2.33. The molecule has 2 saturated heterocycles. The van der Waals surface area contributed by atoms with Crippen LogP contribution in [0.25, 0.3) is 0 Å². The van der Waals surface area contributed by atoms with Gasteiger partial charge in [-0.3, -0.25) is 4.90 Å². The van der Waals surface area contributed by atoms with Crippen LogP contribution in [0.15, 0.2) is 0 Å². The number of rotatable bonds is 6. The SMILES string of the molecule is CCCCC(CCC)N1CC2(CNCCO2)C1. The quantitative estimate of drug-likeness (QED) is 0.769. The van der Waals surface area contributed by atoms with Crippen molar-refractivity contribution in [3.8, 4) is 0 Å². The molecule has 2 heterocycles. The molecule has 0 radical (unpaired) electrons. The molecule has 1 N–H and O–H groups in total. The van der Waals surface area contributed by atoms with Crippen molar-refractivity contribution < 1.29 is 4.74 Å². The van der Waals surface area contributed by atoms with Gasteiger partial charge in [-0.1, -0.05) is 33.1 Å². The summed E-state index contributed by atoms with van der Waals surface area (Å²) in [6.45, 7) is 9.85. The number of ether oxygens (including phenoxy) is 1. The fraction of sp³-hybridized carbons (Fsp3) is 1.00. The third-order valence-electron chi connectivity index (χ3n) is 4.15. The smallest absolute Gasteiger partial charge is 0.106 e. The van der Waals surface area contributed by atoms with Gasteiger partial charge >= 0.3 is 0 Å². The second-order valence-corrected chi connectivity index (χ2v) is 5.70. The Balaban J connectivity index is 1.78. The zero-order valence-corrected chi connectivity index (χ0v) is 11.5. The molecule has 0 amide bonds. The van der Waals surface area contributed by atoms with Crippen LogP contribution in [-0.2, 0) is 4.74 Å². The van der Waals surface area contributed by atoms with Crippen molar-refractivity contribution in [1.82, 2.24) is 10.2 Å². The zero-order chi connectivity index (χ0) is 12.1. The van der Waals surface area contributed by atoms with Gasteiger partial charge in [-0.05, 0) is 12.8 Å². The van der Waals surface area contributed by atoms with Crippen molar-refractivity contribution in [3.05, 3.63) is 0 Å². The molecule has 2 fully saturated rings. The summed E-state index contributed by atoms with van der Waals surface area (Å²) in [4.78, 5) is 2.64. The van der Waals surface area contributed by atoms with E-state index in [1.807, 2.05) is 0 Å². The van der Waals surface area contributed by atoms with Gasteiger partial charge in [0.05, 0.1) is 6.61 Å². The average molecular weight is 240 g/mol. The first-order valence-corrected chi connectivity index (χ1v) is 7.38. The van der Waals surface area contributed by atoms with E-state index in [0.717, 1.165) is 38.8 Å². The fourth-order valence-corrected chi connectivity index (χ4v) is 3.14. The number of unbranched alkanes of at least 4 members (excludes halogenated alkanes) is 1. The van der Waals surface area contributed by atoms with Crippen molar-refractivity contribution in [2.45, 2.75) is 57.6 Å². The van der Waals surface area contributed by atoms with Gasteiger partial charge in [0.15, 0.2) is 0 Å². The molecule has 1 unspecified atom stereocenters. The Bertz CT molecular complexity index is 218. The normalized spacial score (nSPS) is 25.8. The summed E-state index contributed by atoms with van der Waals surface area (Å²) in [7, 11) is 0. The van der Waals surface area contributed by atoms with Gasteiger partial charge in [-0.25, -0.2) is 0 Å². The molecule has 100 valence electrons. The second kappa shape index (κ2) is 6.17. The molecular formula is C14H28N2O. The summed E-state index contributed by atoms with van der Waals surface area (Å²) in [5, 5.41) is 3.46. The van der Waals surface area contributed by atoms with Crippen molar-refractivity contribution in [3.63, 3.8) is 0 Å². The molecular weight excluding hydrogens is 212 g/mol. The molecule has 3 heteroatoms. The lowest BCUT2D eigenvalue weighted by molar-refractivity contribution is -0.168. The van der Waals surface area contributed by atoms with Gasteiger partial charge in [0.25, 0.3) is 0 Å². The number of nitrogens with one attached hydrogen (secondary N) is 1. The minimum Gasteiger partial charge on any atom is -0.370 e. The number of hydrogen-bond acceptors (Lipinski definition) is 3. The van der Waals surface area contributed by atoms with Gasteiger partial charge in [0.2, 0.25) is 0 Å². The Morgan fingerprint density at radius 1 is 1.24 bits per heavy atom. The monoisotopic (exact) mass is 240 g/mol. The topological polar surface area (TPSA) is 24.5 Å². The maximum Gasteiger partial charge on any atom is 0.106 e. The highest BCUT2D eigenvalue weighted by Gasteiger charge is 2.46. The molecule has 2 aliphatic heterocycles. The molecule has 0 aromatic carbocycles. The Kier molecular flexibility index (Phi) is 4.83. The predicted octanol–water partition coefficient (Wildman–Crippen LogP) is 2.02. The molecule has 3 nitrogen and oxygen atoms in total. The van der Waals surface area contributed by atoms with Crippen LogP contribution in [0.2, 0.25) is 0 Å². The molecule has 0 aromatic heterocycles. The van der Waals surface area contributed by atoms with Crippen molar-refractivity contribution in [2.75, 3.05) is 32.8 Å². The van der Waals surface area contributed by atoms with E-state index in [0.29, 0.717) is 0 Å². The van der Waals surface area contributed by atoms with Gasteiger partial charge in [0, 0.05) is 32.2 Å². The summed E-state index contributed by atoms with van der Waals surface area (Å²) < 4.78 is 5.96. The largest absolute Gasteiger partial charge is 0.370 e. The molecule has 1 spiro atoms. The predicted molar refractivity (Wildman–Crippen MR) is 71.3 cm³/mol. The highest BCUT2D eigenvalue weighted by atomic mass is 16.5. The van der Waals surface area contributed by atoms with E-state index in [1.165, 1.54) is 32.1 Å². The maximum atomic E-state index is 5.96. The van der Waals surface area contributed by atoms with Crippen LogP contribution in [0.4, 0.5) is 0 Å². The third-order valence-corrected chi connectivity index (χ3v) is 4.15. The lowest BCUT2D eigenvalue weighted by Gasteiger charge is -2.54. The van der Waals surface area contributed by atoms with E-state index >= 15 is 0 Å². The maximum absolute atomic E-state index is 5.96. The van der Waals surface area contributed by atoms with Crippen LogP contribution in [0, 0.1) is 0 Å². The summed E-state index contributed by atoms with van der Waals surface area (Å²) in [5.41, 5.74) is 0.163. The van der Waals surface area contributed by atoms with Crippen molar-refractivity contribution in [2.24, 2.45) is 0 Å². The first-order chi connectivity index (χ1) is 8.29. The van der Waals surface area contributed by atoms with Crippen LogP contribution in [-0.4, -0.2) is 49.3 Å². The molecule has 0 bridgehead atoms. The lowest BCUT2D eigenvalue weighted by Crippen LogP contribution is -2.71. The molecule has 17 heavy (non-hydrogen) atoms. The molecule has 2 rings (SSSR count). The molecule has 1 atom stereocenters. The number of hydrogen-bond donors (Lipinski definition) is 1. The van der Waals surface area contributed by atoms with Crippen molar-refractivity contribution >= 4 is 0 Å². The van der Waals surface area contributed by atoms with Crippen LogP contribution < -0.4 is 5.32 Å². The summed E-state index contributed by atoms with van der Waals surface area (Å²) in [6.07, 6.45) is 6.71. The Hall–Kier alpha value is -0.120. The lowest BCUT2D eigenvalue weighted by atomic mass is 9.88. The first kappa shape index (κ1) is 13.3. The molecule has 0 aliphatic carbocycles.